The second kappa shape index (κ2) is 5.57. The Labute approximate surface area is 125 Å². The maximum absolute atomic E-state index is 4.80. The Balaban J connectivity index is 1.49. The molecule has 1 unspecified atom stereocenters. The van der Waals surface area contributed by atoms with Gasteiger partial charge in [-0.15, -0.1) is 0 Å². The van der Waals surface area contributed by atoms with Gasteiger partial charge in [-0.05, 0) is 49.3 Å². The van der Waals surface area contributed by atoms with Crippen molar-refractivity contribution in [3.63, 3.8) is 0 Å². The van der Waals surface area contributed by atoms with E-state index < -0.39 is 0 Å². The molecule has 4 rings (SSSR count). The third kappa shape index (κ3) is 2.98. The average Bonchev–Trinajstić information content (AvgIpc) is 3.37. The molecule has 3 heteroatoms. The number of aromatic nitrogens is 2. The van der Waals surface area contributed by atoms with E-state index in [9.17, 15) is 0 Å². The van der Waals surface area contributed by atoms with E-state index in [4.69, 9.17) is 4.98 Å². The first-order valence-electron chi connectivity index (χ1n) is 8.00. The normalized spacial score (nSPS) is 21.0. The number of benzene rings is 1. The average molecular weight is 279 g/mol. The van der Waals surface area contributed by atoms with Crippen LogP contribution in [-0.4, -0.2) is 16.0 Å². The number of hydrogen-bond acceptors (Lipinski definition) is 3. The molecule has 0 saturated heterocycles. The van der Waals surface area contributed by atoms with Crippen LogP contribution < -0.4 is 5.32 Å². The summed E-state index contributed by atoms with van der Waals surface area (Å²) in [6, 6.07) is 11.5. The molecule has 1 saturated carbocycles. The van der Waals surface area contributed by atoms with Crippen molar-refractivity contribution in [2.45, 2.75) is 50.6 Å². The number of aryl methyl sites for hydroxylation is 1. The second-order valence-electron chi connectivity index (χ2n) is 6.27. The molecule has 1 aromatic carbocycles. The molecular weight excluding hydrogens is 258 g/mol. The van der Waals surface area contributed by atoms with Crippen molar-refractivity contribution in [1.82, 2.24) is 15.3 Å². The second-order valence-corrected chi connectivity index (χ2v) is 6.27. The Bertz CT molecular complexity index is 634. The van der Waals surface area contributed by atoms with Crippen molar-refractivity contribution < 1.29 is 0 Å². The highest BCUT2D eigenvalue weighted by atomic mass is 15.0. The third-order valence-corrected chi connectivity index (χ3v) is 4.59. The Morgan fingerprint density at radius 3 is 2.76 bits per heavy atom. The quantitative estimate of drug-likeness (QED) is 0.935. The standard InChI is InChI=1S/C18H21N3/c1-2-4-14-11-15(6-5-13(14)3-1)18-19-10-9-17(21-18)12-20-16-7-8-16/h1-4,9-10,15-16,20H,5-8,11-12H2. The van der Waals surface area contributed by atoms with E-state index in [0.29, 0.717) is 5.92 Å². The Morgan fingerprint density at radius 1 is 1.05 bits per heavy atom. The minimum Gasteiger partial charge on any atom is -0.308 e. The van der Waals surface area contributed by atoms with Gasteiger partial charge < -0.3 is 5.32 Å². The molecule has 2 aromatic rings. The van der Waals surface area contributed by atoms with E-state index in [1.807, 2.05) is 12.3 Å². The first-order chi connectivity index (χ1) is 10.4. The lowest BCUT2D eigenvalue weighted by molar-refractivity contribution is 0.549. The van der Waals surface area contributed by atoms with E-state index in [1.54, 1.807) is 0 Å². The van der Waals surface area contributed by atoms with Crippen molar-refractivity contribution in [1.29, 1.82) is 0 Å². The van der Waals surface area contributed by atoms with Gasteiger partial charge in [0.25, 0.3) is 0 Å². The smallest absolute Gasteiger partial charge is 0.132 e. The van der Waals surface area contributed by atoms with E-state index in [-0.39, 0.29) is 0 Å². The SMILES string of the molecule is c1ccc2c(c1)CCC(c1nccc(CNC3CC3)n1)C2. The number of nitrogens with one attached hydrogen (secondary N) is 1. The van der Waals surface area contributed by atoms with Gasteiger partial charge in [0.1, 0.15) is 5.82 Å². The molecule has 1 atom stereocenters. The largest absolute Gasteiger partial charge is 0.308 e. The van der Waals surface area contributed by atoms with Crippen molar-refractivity contribution >= 4 is 0 Å². The number of hydrogen-bond donors (Lipinski definition) is 1. The van der Waals surface area contributed by atoms with Crippen molar-refractivity contribution in [3.05, 3.63) is 59.2 Å². The van der Waals surface area contributed by atoms with Gasteiger partial charge in [0.2, 0.25) is 0 Å². The van der Waals surface area contributed by atoms with Gasteiger partial charge >= 0.3 is 0 Å². The Morgan fingerprint density at radius 2 is 1.90 bits per heavy atom. The molecule has 108 valence electrons. The molecule has 21 heavy (non-hydrogen) atoms. The van der Waals surface area contributed by atoms with Crippen molar-refractivity contribution in [2.75, 3.05) is 0 Å². The summed E-state index contributed by atoms with van der Waals surface area (Å²) in [5.41, 5.74) is 4.10. The summed E-state index contributed by atoms with van der Waals surface area (Å²) in [4.78, 5) is 9.34. The Hall–Kier alpha value is -1.74. The lowest BCUT2D eigenvalue weighted by Crippen LogP contribution is -2.19. The van der Waals surface area contributed by atoms with Crippen LogP contribution >= 0.6 is 0 Å². The lowest BCUT2D eigenvalue weighted by Gasteiger charge is -2.23. The summed E-state index contributed by atoms with van der Waals surface area (Å²) in [5.74, 6) is 1.50. The van der Waals surface area contributed by atoms with Gasteiger partial charge in [-0.25, -0.2) is 9.97 Å². The molecule has 1 N–H and O–H groups in total. The van der Waals surface area contributed by atoms with E-state index >= 15 is 0 Å². The molecule has 3 nitrogen and oxygen atoms in total. The first kappa shape index (κ1) is 13.0. The summed E-state index contributed by atoms with van der Waals surface area (Å²) >= 11 is 0. The molecule has 0 radical (unpaired) electrons. The van der Waals surface area contributed by atoms with Crippen LogP contribution in [0.3, 0.4) is 0 Å². The fourth-order valence-corrected chi connectivity index (χ4v) is 3.16. The van der Waals surface area contributed by atoms with Gasteiger partial charge in [-0.1, -0.05) is 24.3 Å². The fraction of sp³-hybridized carbons (Fsp3) is 0.444. The highest BCUT2D eigenvalue weighted by Crippen LogP contribution is 2.30. The van der Waals surface area contributed by atoms with Crippen LogP contribution in [0.5, 0.6) is 0 Å². The maximum Gasteiger partial charge on any atom is 0.132 e. The van der Waals surface area contributed by atoms with E-state index in [1.165, 1.54) is 24.0 Å². The zero-order valence-electron chi connectivity index (χ0n) is 12.3. The molecule has 0 bridgehead atoms. The summed E-state index contributed by atoms with van der Waals surface area (Å²) in [7, 11) is 0. The van der Waals surface area contributed by atoms with Crippen LogP contribution in [0.2, 0.25) is 0 Å². The number of fused-ring (bicyclic) bond motifs is 1. The predicted molar refractivity (Wildman–Crippen MR) is 83.1 cm³/mol. The zero-order valence-corrected chi connectivity index (χ0v) is 12.3. The van der Waals surface area contributed by atoms with Gasteiger partial charge in [0.05, 0.1) is 5.69 Å². The minimum atomic E-state index is 0.473. The van der Waals surface area contributed by atoms with Gasteiger partial charge in [-0.2, -0.15) is 0 Å². The Kier molecular flexibility index (Phi) is 3.44. The molecule has 0 aliphatic heterocycles. The summed E-state index contributed by atoms with van der Waals surface area (Å²) < 4.78 is 0. The third-order valence-electron chi connectivity index (χ3n) is 4.59. The first-order valence-corrected chi connectivity index (χ1v) is 8.00. The minimum absolute atomic E-state index is 0.473. The van der Waals surface area contributed by atoms with Crippen LogP contribution in [-0.2, 0) is 19.4 Å². The molecule has 1 heterocycles. The van der Waals surface area contributed by atoms with Gasteiger partial charge in [0, 0.05) is 24.7 Å². The highest BCUT2D eigenvalue weighted by molar-refractivity contribution is 5.31. The molecule has 2 aliphatic carbocycles. The van der Waals surface area contributed by atoms with E-state index in [2.05, 4.69) is 34.6 Å². The van der Waals surface area contributed by atoms with Crippen molar-refractivity contribution in [3.8, 4) is 0 Å². The molecule has 1 aromatic heterocycles. The maximum atomic E-state index is 4.80. The van der Waals surface area contributed by atoms with E-state index in [0.717, 1.165) is 43.4 Å². The topological polar surface area (TPSA) is 37.8 Å². The molecular formula is C18H21N3. The summed E-state index contributed by atoms with van der Waals surface area (Å²) in [6.07, 6.45) is 7.95. The number of nitrogens with zero attached hydrogens (tertiary/aromatic N) is 2. The molecule has 1 fully saturated rings. The van der Waals surface area contributed by atoms with Crippen LogP contribution in [0.1, 0.15) is 47.8 Å². The zero-order chi connectivity index (χ0) is 14.1. The molecule has 0 amide bonds. The van der Waals surface area contributed by atoms with Gasteiger partial charge in [0.15, 0.2) is 0 Å². The predicted octanol–water partition coefficient (Wildman–Crippen LogP) is 3.00. The van der Waals surface area contributed by atoms with Crippen LogP contribution in [0.4, 0.5) is 0 Å². The van der Waals surface area contributed by atoms with Crippen LogP contribution in [0, 0.1) is 0 Å². The summed E-state index contributed by atoms with van der Waals surface area (Å²) in [5, 5.41) is 3.53. The molecule has 0 spiro atoms. The van der Waals surface area contributed by atoms with Crippen molar-refractivity contribution in [2.24, 2.45) is 0 Å². The molecule has 2 aliphatic rings. The monoisotopic (exact) mass is 279 g/mol. The lowest BCUT2D eigenvalue weighted by atomic mass is 9.83. The highest BCUT2D eigenvalue weighted by Gasteiger charge is 2.23. The summed E-state index contributed by atoms with van der Waals surface area (Å²) in [6.45, 7) is 0.878. The fourth-order valence-electron chi connectivity index (χ4n) is 3.16. The van der Waals surface area contributed by atoms with Crippen LogP contribution in [0.25, 0.3) is 0 Å². The number of rotatable bonds is 4. The van der Waals surface area contributed by atoms with Gasteiger partial charge in [-0.3, -0.25) is 0 Å². The van der Waals surface area contributed by atoms with Crippen LogP contribution in [0.15, 0.2) is 36.5 Å².